The Morgan fingerprint density at radius 1 is 1.10 bits per heavy atom. The van der Waals surface area contributed by atoms with Gasteiger partial charge in [-0.05, 0) is 47.9 Å². The topological polar surface area (TPSA) is 106 Å². The van der Waals surface area contributed by atoms with Crippen molar-refractivity contribution in [2.75, 3.05) is 23.3 Å². The van der Waals surface area contributed by atoms with Crippen LogP contribution in [0.25, 0.3) is 5.65 Å². The Bertz CT molecular complexity index is 1190. The van der Waals surface area contributed by atoms with Gasteiger partial charge in [0.05, 0.1) is 12.2 Å². The Kier molecular flexibility index (Phi) is 5.03. The van der Waals surface area contributed by atoms with E-state index < -0.39 is 0 Å². The molecule has 0 atom stereocenters. The van der Waals surface area contributed by atoms with Crippen LogP contribution in [0.15, 0.2) is 48.5 Å². The molecule has 4 heterocycles. The minimum Gasteiger partial charge on any atom is -0.355 e. The van der Waals surface area contributed by atoms with Gasteiger partial charge < -0.3 is 10.2 Å². The van der Waals surface area contributed by atoms with E-state index >= 15 is 0 Å². The molecule has 1 fully saturated rings. The molecule has 0 unspecified atom stereocenters. The molecule has 10 heteroatoms. The molecule has 0 radical (unpaired) electrons. The number of fused-ring (bicyclic) bond motifs is 1. The summed E-state index contributed by atoms with van der Waals surface area (Å²) in [6, 6.07) is 15.8. The second-order valence-electron chi connectivity index (χ2n) is 7.78. The zero-order valence-electron chi connectivity index (χ0n) is 17.2. The lowest BCUT2D eigenvalue weighted by Gasteiger charge is -2.31. The van der Waals surface area contributed by atoms with Gasteiger partial charge in [0.1, 0.15) is 5.82 Å². The summed E-state index contributed by atoms with van der Waals surface area (Å²) in [5.41, 5.74) is 2.63. The number of nitrogens with one attached hydrogen (secondary N) is 1. The predicted octanol–water partition coefficient (Wildman–Crippen LogP) is 1.93. The van der Waals surface area contributed by atoms with E-state index in [0.717, 1.165) is 48.8 Å². The van der Waals surface area contributed by atoms with Crippen LogP contribution in [0.4, 0.5) is 11.6 Å². The van der Waals surface area contributed by atoms with Crippen molar-refractivity contribution in [3.05, 3.63) is 59.8 Å². The highest BCUT2D eigenvalue weighted by Crippen LogP contribution is 2.23. The van der Waals surface area contributed by atoms with E-state index in [9.17, 15) is 4.79 Å². The van der Waals surface area contributed by atoms with E-state index in [1.165, 1.54) is 4.63 Å². The maximum Gasteiger partial charge on any atom is 0.228 e. The zero-order chi connectivity index (χ0) is 21.2. The summed E-state index contributed by atoms with van der Waals surface area (Å²) in [6.45, 7) is 4.06. The summed E-state index contributed by atoms with van der Waals surface area (Å²) in [4.78, 5) is 15.1. The summed E-state index contributed by atoms with van der Waals surface area (Å²) < 4.78 is 3.27. The standard InChI is InChI=1S/C21H23N9O/c1-15-13-20(29(24-15)14-16-5-3-2-4-6-16)22-21(31)17-9-11-28(12-10-17)19-8-7-18-23-26-27-30(18)25-19/h2-8,13,17H,9-12,14H2,1H3,(H,22,31). The van der Waals surface area contributed by atoms with Crippen LogP contribution >= 0.6 is 0 Å². The van der Waals surface area contributed by atoms with Gasteiger partial charge in [-0.2, -0.15) is 5.10 Å². The first-order valence-electron chi connectivity index (χ1n) is 10.4. The van der Waals surface area contributed by atoms with Gasteiger partial charge >= 0.3 is 0 Å². The van der Waals surface area contributed by atoms with Crippen LogP contribution in [0.3, 0.4) is 0 Å². The number of amides is 1. The lowest BCUT2D eigenvalue weighted by atomic mass is 9.96. The van der Waals surface area contributed by atoms with Crippen molar-refractivity contribution in [2.45, 2.75) is 26.3 Å². The summed E-state index contributed by atoms with van der Waals surface area (Å²) in [5, 5.41) is 23.4. The fourth-order valence-corrected chi connectivity index (χ4v) is 3.93. The van der Waals surface area contributed by atoms with Crippen molar-refractivity contribution in [1.29, 1.82) is 0 Å². The Balaban J connectivity index is 1.22. The monoisotopic (exact) mass is 417 g/mol. The largest absolute Gasteiger partial charge is 0.355 e. The maximum absolute atomic E-state index is 12.9. The summed E-state index contributed by atoms with van der Waals surface area (Å²) in [6.07, 6.45) is 1.51. The first-order valence-corrected chi connectivity index (χ1v) is 10.4. The van der Waals surface area contributed by atoms with Gasteiger partial charge in [-0.1, -0.05) is 30.3 Å². The Hall–Kier alpha value is -3.82. The second-order valence-corrected chi connectivity index (χ2v) is 7.78. The van der Waals surface area contributed by atoms with Crippen LogP contribution < -0.4 is 10.2 Å². The summed E-state index contributed by atoms with van der Waals surface area (Å²) >= 11 is 0. The van der Waals surface area contributed by atoms with E-state index in [1.807, 2.05) is 48.0 Å². The molecule has 1 aromatic carbocycles. The summed E-state index contributed by atoms with van der Waals surface area (Å²) in [7, 11) is 0. The quantitative estimate of drug-likeness (QED) is 0.529. The van der Waals surface area contributed by atoms with Gasteiger partial charge in [-0.15, -0.1) is 14.8 Å². The molecule has 3 aromatic heterocycles. The van der Waals surface area contributed by atoms with Gasteiger partial charge in [0.2, 0.25) is 5.91 Å². The zero-order valence-corrected chi connectivity index (χ0v) is 17.2. The number of tetrazole rings is 1. The number of piperidine rings is 1. The van der Waals surface area contributed by atoms with Crippen molar-refractivity contribution in [3.63, 3.8) is 0 Å². The maximum atomic E-state index is 12.9. The van der Waals surface area contributed by atoms with Gasteiger partial charge in [0.15, 0.2) is 11.5 Å². The van der Waals surface area contributed by atoms with E-state index in [1.54, 1.807) is 0 Å². The Morgan fingerprint density at radius 3 is 2.71 bits per heavy atom. The van der Waals surface area contributed by atoms with E-state index in [4.69, 9.17) is 0 Å². The number of anilines is 2. The number of rotatable bonds is 5. The fourth-order valence-electron chi connectivity index (χ4n) is 3.93. The number of carbonyl (C=O) groups excluding carboxylic acids is 1. The van der Waals surface area contributed by atoms with Gasteiger partial charge in [0, 0.05) is 25.1 Å². The minimum atomic E-state index is -0.0478. The number of hydrogen-bond donors (Lipinski definition) is 1. The molecule has 1 amide bonds. The molecular formula is C21H23N9O. The molecule has 10 nitrogen and oxygen atoms in total. The predicted molar refractivity (Wildman–Crippen MR) is 115 cm³/mol. The lowest BCUT2D eigenvalue weighted by Crippen LogP contribution is -2.39. The van der Waals surface area contributed by atoms with Gasteiger partial charge in [0.25, 0.3) is 0 Å². The molecule has 0 spiro atoms. The highest BCUT2D eigenvalue weighted by Gasteiger charge is 2.26. The number of carbonyl (C=O) groups is 1. The second kappa shape index (κ2) is 8.13. The lowest BCUT2D eigenvalue weighted by molar-refractivity contribution is -0.120. The van der Waals surface area contributed by atoms with E-state index in [0.29, 0.717) is 12.2 Å². The van der Waals surface area contributed by atoms with Crippen molar-refractivity contribution in [1.82, 2.24) is 35.0 Å². The molecule has 5 rings (SSSR count). The summed E-state index contributed by atoms with van der Waals surface area (Å²) in [5.74, 6) is 1.54. The molecule has 158 valence electrons. The average molecular weight is 417 g/mol. The van der Waals surface area contributed by atoms with Crippen LogP contribution in [0.1, 0.15) is 24.1 Å². The molecule has 0 bridgehead atoms. The van der Waals surface area contributed by atoms with Crippen LogP contribution in [0.5, 0.6) is 0 Å². The van der Waals surface area contributed by atoms with Crippen LogP contribution in [0, 0.1) is 12.8 Å². The molecular weight excluding hydrogens is 394 g/mol. The Labute approximate surface area is 178 Å². The number of aryl methyl sites for hydroxylation is 1. The number of benzene rings is 1. The van der Waals surface area contributed by atoms with Crippen LogP contribution in [0.2, 0.25) is 0 Å². The van der Waals surface area contributed by atoms with Crippen molar-refractivity contribution in [3.8, 4) is 0 Å². The molecule has 1 N–H and O–H groups in total. The molecule has 0 saturated carbocycles. The third kappa shape index (κ3) is 4.09. The SMILES string of the molecule is Cc1cc(NC(=O)C2CCN(c3ccc4nnnn4n3)CC2)n(Cc2ccccc2)n1. The molecule has 1 aliphatic rings. The smallest absolute Gasteiger partial charge is 0.228 e. The highest BCUT2D eigenvalue weighted by molar-refractivity contribution is 5.92. The van der Waals surface area contributed by atoms with Crippen LogP contribution in [-0.2, 0) is 11.3 Å². The highest BCUT2D eigenvalue weighted by atomic mass is 16.2. The normalized spacial score (nSPS) is 14.8. The number of aromatic nitrogens is 7. The minimum absolute atomic E-state index is 0.0396. The third-order valence-electron chi connectivity index (χ3n) is 5.57. The molecule has 0 aliphatic carbocycles. The van der Waals surface area contributed by atoms with Crippen molar-refractivity contribution < 1.29 is 4.79 Å². The van der Waals surface area contributed by atoms with Crippen molar-refractivity contribution in [2.24, 2.45) is 5.92 Å². The molecule has 4 aromatic rings. The van der Waals surface area contributed by atoms with E-state index in [-0.39, 0.29) is 11.8 Å². The molecule has 1 aliphatic heterocycles. The number of hydrogen-bond acceptors (Lipinski definition) is 7. The first kappa shape index (κ1) is 19.2. The third-order valence-corrected chi connectivity index (χ3v) is 5.57. The average Bonchev–Trinajstić information content (AvgIpc) is 3.40. The van der Waals surface area contributed by atoms with Crippen molar-refractivity contribution >= 4 is 23.2 Å². The van der Waals surface area contributed by atoms with Crippen LogP contribution in [-0.4, -0.2) is 54.0 Å². The number of nitrogens with zero attached hydrogens (tertiary/aromatic N) is 8. The molecule has 1 saturated heterocycles. The Morgan fingerprint density at radius 2 is 1.90 bits per heavy atom. The van der Waals surface area contributed by atoms with Gasteiger partial charge in [-0.3, -0.25) is 4.79 Å². The molecule has 31 heavy (non-hydrogen) atoms. The van der Waals surface area contributed by atoms with E-state index in [2.05, 4.69) is 48.1 Å². The first-order chi connectivity index (χ1) is 15.2. The fraction of sp³-hybridized carbons (Fsp3) is 0.333. The van der Waals surface area contributed by atoms with Gasteiger partial charge in [-0.25, -0.2) is 4.68 Å².